The highest BCUT2D eigenvalue weighted by molar-refractivity contribution is 4.84. The van der Waals surface area contributed by atoms with Gasteiger partial charge in [0.2, 0.25) is 0 Å². The Balaban J connectivity index is 1.78. The molecule has 2 fully saturated rings. The van der Waals surface area contributed by atoms with Crippen molar-refractivity contribution in [3.8, 4) is 0 Å². The van der Waals surface area contributed by atoms with Crippen LogP contribution in [0.5, 0.6) is 0 Å². The van der Waals surface area contributed by atoms with Crippen LogP contribution in [0.2, 0.25) is 0 Å². The largest absolute Gasteiger partial charge is 0.378 e. The van der Waals surface area contributed by atoms with Gasteiger partial charge in [0.05, 0.1) is 0 Å². The number of hydrogen-bond acceptors (Lipinski definition) is 2. The normalized spacial score (nSPS) is 26.4. The Morgan fingerprint density at radius 1 is 0.929 bits per heavy atom. The molecular weight excluding hydrogens is 172 g/mol. The van der Waals surface area contributed by atoms with Crippen LogP contribution in [0, 0.1) is 0 Å². The van der Waals surface area contributed by atoms with Crippen molar-refractivity contribution >= 4 is 0 Å². The maximum atomic E-state index is 3.83. The van der Waals surface area contributed by atoms with E-state index in [2.05, 4.69) is 16.4 Å². The first-order chi connectivity index (χ1) is 6.90. The average Bonchev–Trinajstić information content (AvgIpc) is 2.30. The Labute approximate surface area is 87.6 Å². The molecule has 2 heterocycles. The third-order valence-electron chi connectivity index (χ3n) is 3.66. The molecule has 2 aliphatic rings. The minimum atomic E-state index is 0.867. The lowest BCUT2D eigenvalue weighted by Crippen LogP contribution is -2.45. The molecule has 0 radical (unpaired) electrons. The van der Waals surface area contributed by atoms with Crippen LogP contribution in [0.15, 0.2) is 12.8 Å². The van der Waals surface area contributed by atoms with Crippen LogP contribution in [0.4, 0.5) is 0 Å². The van der Waals surface area contributed by atoms with E-state index < -0.39 is 0 Å². The van der Waals surface area contributed by atoms with Crippen LogP contribution in [-0.4, -0.2) is 42.0 Å². The molecule has 0 aliphatic carbocycles. The number of hydrogen-bond donors (Lipinski definition) is 0. The molecule has 2 nitrogen and oxygen atoms in total. The first kappa shape index (κ1) is 10.0. The highest BCUT2D eigenvalue weighted by Gasteiger charge is 2.23. The second-order valence-electron chi connectivity index (χ2n) is 4.55. The van der Waals surface area contributed by atoms with E-state index in [0.29, 0.717) is 0 Å². The minimum absolute atomic E-state index is 0.867. The van der Waals surface area contributed by atoms with Crippen molar-refractivity contribution < 1.29 is 0 Å². The highest BCUT2D eigenvalue weighted by Crippen LogP contribution is 2.20. The summed E-state index contributed by atoms with van der Waals surface area (Å²) in [4.78, 5) is 5.06. The SMILES string of the molecule is C=CN1CCC(N2CCCCC2)CC1. The maximum Gasteiger partial charge on any atom is 0.0187 e. The summed E-state index contributed by atoms with van der Waals surface area (Å²) in [5.74, 6) is 0. The van der Waals surface area contributed by atoms with Crippen molar-refractivity contribution in [2.45, 2.75) is 38.1 Å². The lowest BCUT2D eigenvalue weighted by atomic mass is 10.0. The maximum absolute atomic E-state index is 3.83. The van der Waals surface area contributed by atoms with Crippen molar-refractivity contribution in [3.63, 3.8) is 0 Å². The monoisotopic (exact) mass is 194 g/mol. The standard InChI is InChI=1S/C12H22N2/c1-2-13-10-6-12(7-11-13)14-8-4-3-5-9-14/h2,12H,1,3-11H2. The van der Waals surface area contributed by atoms with E-state index in [1.165, 1.54) is 58.3 Å². The van der Waals surface area contributed by atoms with Crippen molar-refractivity contribution in [1.82, 2.24) is 9.80 Å². The third kappa shape index (κ3) is 2.30. The van der Waals surface area contributed by atoms with Crippen molar-refractivity contribution in [3.05, 3.63) is 12.8 Å². The molecule has 0 atom stereocenters. The second-order valence-corrected chi connectivity index (χ2v) is 4.55. The summed E-state index contributed by atoms with van der Waals surface area (Å²) in [6.07, 6.45) is 8.95. The number of nitrogens with zero attached hydrogens (tertiary/aromatic N) is 2. The van der Waals surface area contributed by atoms with E-state index in [4.69, 9.17) is 0 Å². The molecule has 80 valence electrons. The number of likely N-dealkylation sites (tertiary alicyclic amines) is 2. The quantitative estimate of drug-likeness (QED) is 0.664. The number of rotatable bonds is 2. The number of piperidine rings is 2. The zero-order chi connectivity index (χ0) is 9.80. The molecule has 2 saturated heterocycles. The van der Waals surface area contributed by atoms with E-state index in [1.54, 1.807) is 0 Å². The second kappa shape index (κ2) is 4.83. The van der Waals surface area contributed by atoms with E-state index in [0.717, 1.165) is 6.04 Å². The van der Waals surface area contributed by atoms with E-state index in [-0.39, 0.29) is 0 Å². The Kier molecular flexibility index (Phi) is 3.46. The Morgan fingerprint density at radius 3 is 2.14 bits per heavy atom. The molecule has 14 heavy (non-hydrogen) atoms. The van der Waals surface area contributed by atoms with Crippen LogP contribution in [-0.2, 0) is 0 Å². The van der Waals surface area contributed by atoms with Gasteiger partial charge in [-0.25, -0.2) is 0 Å². The summed E-state index contributed by atoms with van der Waals surface area (Å²) in [7, 11) is 0. The summed E-state index contributed by atoms with van der Waals surface area (Å²) >= 11 is 0. The Morgan fingerprint density at radius 2 is 1.57 bits per heavy atom. The summed E-state index contributed by atoms with van der Waals surface area (Å²) in [6, 6.07) is 0.867. The van der Waals surface area contributed by atoms with Crippen molar-refractivity contribution in [2.75, 3.05) is 26.2 Å². The fourth-order valence-electron chi connectivity index (χ4n) is 2.72. The molecule has 2 rings (SSSR count). The summed E-state index contributed by atoms with van der Waals surface area (Å²) in [5, 5.41) is 0. The van der Waals surface area contributed by atoms with Crippen LogP contribution in [0.3, 0.4) is 0 Å². The molecule has 0 aromatic heterocycles. The molecule has 0 aromatic rings. The highest BCUT2D eigenvalue weighted by atomic mass is 15.2. The lowest BCUT2D eigenvalue weighted by molar-refractivity contribution is 0.109. The van der Waals surface area contributed by atoms with Gasteiger partial charge in [-0.2, -0.15) is 0 Å². The van der Waals surface area contributed by atoms with Crippen LogP contribution < -0.4 is 0 Å². The molecule has 2 aliphatic heterocycles. The van der Waals surface area contributed by atoms with Crippen LogP contribution >= 0.6 is 0 Å². The molecule has 0 aromatic carbocycles. The van der Waals surface area contributed by atoms with Crippen molar-refractivity contribution in [2.24, 2.45) is 0 Å². The molecule has 0 saturated carbocycles. The van der Waals surface area contributed by atoms with Gasteiger partial charge < -0.3 is 9.80 Å². The molecule has 0 amide bonds. The Hall–Kier alpha value is -0.500. The summed E-state index contributed by atoms with van der Waals surface area (Å²) < 4.78 is 0. The van der Waals surface area contributed by atoms with Gasteiger partial charge in [-0.1, -0.05) is 13.0 Å². The van der Waals surface area contributed by atoms with Gasteiger partial charge in [-0.15, -0.1) is 0 Å². The van der Waals surface area contributed by atoms with Gasteiger partial charge in [0.25, 0.3) is 0 Å². The molecule has 0 unspecified atom stereocenters. The first-order valence-corrected chi connectivity index (χ1v) is 6.01. The molecule has 0 N–H and O–H groups in total. The predicted octanol–water partition coefficient (Wildman–Crippen LogP) is 2.08. The van der Waals surface area contributed by atoms with Crippen LogP contribution in [0.25, 0.3) is 0 Å². The smallest absolute Gasteiger partial charge is 0.0187 e. The topological polar surface area (TPSA) is 6.48 Å². The lowest BCUT2D eigenvalue weighted by Gasteiger charge is -2.39. The zero-order valence-electron chi connectivity index (χ0n) is 9.12. The van der Waals surface area contributed by atoms with Gasteiger partial charge >= 0.3 is 0 Å². The average molecular weight is 194 g/mol. The van der Waals surface area contributed by atoms with Gasteiger partial charge in [-0.05, 0) is 45.0 Å². The van der Waals surface area contributed by atoms with E-state index >= 15 is 0 Å². The van der Waals surface area contributed by atoms with Crippen LogP contribution in [0.1, 0.15) is 32.1 Å². The minimum Gasteiger partial charge on any atom is -0.378 e. The van der Waals surface area contributed by atoms with Gasteiger partial charge in [0.1, 0.15) is 0 Å². The third-order valence-corrected chi connectivity index (χ3v) is 3.66. The summed E-state index contributed by atoms with van der Waals surface area (Å²) in [5.41, 5.74) is 0. The molecule has 2 heteroatoms. The predicted molar refractivity (Wildman–Crippen MR) is 60.2 cm³/mol. The molecule has 0 bridgehead atoms. The molecular formula is C12H22N2. The fraction of sp³-hybridized carbons (Fsp3) is 0.833. The zero-order valence-corrected chi connectivity index (χ0v) is 9.12. The van der Waals surface area contributed by atoms with E-state index in [1.807, 2.05) is 6.20 Å². The van der Waals surface area contributed by atoms with Gasteiger partial charge in [0, 0.05) is 19.1 Å². The summed E-state index contributed by atoms with van der Waals surface area (Å²) in [6.45, 7) is 8.95. The first-order valence-electron chi connectivity index (χ1n) is 6.01. The fourth-order valence-corrected chi connectivity index (χ4v) is 2.72. The Bertz CT molecular complexity index is 177. The van der Waals surface area contributed by atoms with Gasteiger partial charge in [0.15, 0.2) is 0 Å². The van der Waals surface area contributed by atoms with E-state index in [9.17, 15) is 0 Å². The molecule has 0 spiro atoms. The van der Waals surface area contributed by atoms with Crippen molar-refractivity contribution in [1.29, 1.82) is 0 Å². The van der Waals surface area contributed by atoms with Gasteiger partial charge in [-0.3, -0.25) is 0 Å².